The monoisotopic (exact) mass is 369 g/mol. The van der Waals surface area contributed by atoms with E-state index in [1.54, 1.807) is 11.4 Å². The zero-order valence-corrected chi connectivity index (χ0v) is 16.2. The van der Waals surface area contributed by atoms with E-state index >= 15 is 0 Å². The summed E-state index contributed by atoms with van der Waals surface area (Å²) in [4.78, 5) is 6.91. The molecule has 0 spiro atoms. The third-order valence-electron chi connectivity index (χ3n) is 5.12. The number of methoxy groups -OCH3 is 1. The van der Waals surface area contributed by atoms with Crippen LogP contribution in [-0.2, 0) is 21.3 Å². The summed E-state index contributed by atoms with van der Waals surface area (Å²) < 4.78 is 37.0. The Balaban J connectivity index is 1.86. The van der Waals surface area contributed by atoms with Gasteiger partial charge in [-0.15, -0.1) is 0 Å². The highest BCUT2D eigenvalue weighted by atomic mass is 32.2. The molecule has 0 unspecified atom stereocenters. The lowest BCUT2D eigenvalue weighted by Gasteiger charge is -2.30. The van der Waals surface area contributed by atoms with Crippen LogP contribution in [0.1, 0.15) is 16.8 Å². The molecule has 2 bridgehead atoms. The fourth-order valence-electron chi connectivity index (χ4n) is 3.77. The highest BCUT2D eigenvalue weighted by Gasteiger charge is 2.36. The van der Waals surface area contributed by atoms with Crippen LogP contribution < -0.4 is 4.74 Å². The van der Waals surface area contributed by atoms with Crippen LogP contribution in [0, 0.1) is 19.8 Å². The van der Waals surface area contributed by atoms with E-state index in [0.29, 0.717) is 32.8 Å². The second-order valence-corrected chi connectivity index (χ2v) is 9.10. The molecule has 0 N–H and O–H groups in total. The van der Waals surface area contributed by atoms with Gasteiger partial charge in [-0.25, -0.2) is 12.7 Å². The first-order valence-electron chi connectivity index (χ1n) is 8.55. The Morgan fingerprint density at radius 3 is 2.72 bits per heavy atom. The number of hydrogen-bond acceptors (Lipinski definition) is 6. The number of hydrogen-bond donors (Lipinski definition) is 0. The van der Waals surface area contributed by atoms with Gasteiger partial charge in [0.2, 0.25) is 10.0 Å². The Morgan fingerprint density at radius 2 is 2.04 bits per heavy atom. The minimum Gasteiger partial charge on any atom is -0.496 e. The zero-order valence-electron chi connectivity index (χ0n) is 15.4. The molecule has 2 atom stereocenters. The predicted octanol–water partition coefficient (Wildman–Crippen LogP) is 0.799. The topological polar surface area (TPSA) is 72.0 Å². The van der Waals surface area contributed by atoms with E-state index < -0.39 is 10.0 Å². The number of rotatable bonds is 4. The molecular formula is C17H27N3O4S. The smallest absolute Gasteiger partial charge is 0.211 e. The summed E-state index contributed by atoms with van der Waals surface area (Å²) in [6, 6.07) is 0.0377. The van der Waals surface area contributed by atoms with Gasteiger partial charge in [0.15, 0.2) is 0 Å². The van der Waals surface area contributed by atoms with Crippen molar-refractivity contribution < 1.29 is 17.9 Å². The largest absolute Gasteiger partial charge is 0.496 e. The van der Waals surface area contributed by atoms with Crippen LogP contribution >= 0.6 is 0 Å². The molecule has 25 heavy (non-hydrogen) atoms. The molecule has 0 amide bonds. The molecule has 7 nitrogen and oxygen atoms in total. The molecule has 2 aliphatic heterocycles. The highest BCUT2D eigenvalue weighted by molar-refractivity contribution is 7.88. The van der Waals surface area contributed by atoms with E-state index in [1.807, 2.05) is 20.0 Å². The average Bonchev–Trinajstić information content (AvgIpc) is 2.80. The lowest BCUT2D eigenvalue weighted by atomic mass is 10.1. The first kappa shape index (κ1) is 18.6. The summed E-state index contributed by atoms with van der Waals surface area (Å²) in [6.07, 6.45) is 3.13. The van der Waals surface area contributed by atoms with E-state index in [-0.39, 0.29) is 12.0 Å². The number of aromatic nitrogens is 1. The first-order valence-corrected chi connectivity index (χ1v) is 10.4. The molecule has 0 aromatic carbocycles. The molecule has 2 fully saturated rings. The van der Waals surface area contributed by atoms with E-state index in [1.165, 1.54) is 6.26 Å². The summed E-state index contributed by atoms with van der Waals surface area (Å²) in [7, 11) is -1.52. The van der Waals surface area contributed by atoms with Gasteiger partial charge in [-0.3, -0.25) is 9.88 Å². The Hall–Kier alpha value is -1.22. The summed E-state index contributed by atoms with van der Waals surface area (Å²) in [5, 5.41) is 0. The van der Waals surface area contributed by atoms with Gasteiger partial charge < -0.3 is 9.47 Å². The number of ether oxygens (including phenoxy) is 2. The minimum absolute atomic E-state index is 0.0377. The molecule has 0 saturated carbocycles. The van der Waals surface area contributed by atoms with Gasteiger partial charge in [0.1, 0.15) is 5.75 Å². The van der Waals surface area contributed by atoms with Crippen molar-refractivity contribution in [3.8, 4) is 5.75 Å². The van der Waals surface area contributed by atoms with Crippen molar-refractivity contribution in [1.29, 1.82) is 0 Å². The summed E-state index contributed by atoms with van der Waals surface area (Å²) in [5.74, 6) is 1.05. The average molecular weight is 369 g/mol. The molecule has 3 heterocycles. The maximum Gasteiger partial charge on any atom is 0.211 e. The molecule has 2 saturated heterocycles. The molecule has 0 radical (unpaired) electrons. The fourth-order valence-corrected chi connectivity index (χ4v) is 4.70. The number of aryl methyl sites for hydroxylation is 1. The van der Waals surface area contributed by atoms with Crippen LogP contribution in [0.3, 0.4) is 0 Å². The molecule has 2 aliphatic rings. The molecule has 3 rings (SSSR count). The van der Waals surface area contributed by atoms with E-state index in [4.69, 9.17) is 9.47 Å². The van der Waals surface area contributed by atoms with Gasteiger partial charge in [0.05, 0.1) is 32.3 Å². The third-order valence-corrected chi connectivity index (χ3v) is 6.36. The second-order valence-electron chi connectivity index (χ2n) is 7.11. The van der Waals surface area contributed by atoms with Crippen molar-refractivity contribution in [2.24, 2.45) is 5.92 Å². The van der Waals surface area contributed by atoms with Crippen molar-refractivity contribution in [3.05, 3.63) is 23.0 Å². The van der Waals surface area contributed by atoms with Gasteiger partial charge in [-0.2, -0.15) is 0 Å². The maximum absolute atomic E-state index is 12.0. The predicted molar refractivity (Wildman–Crippen MR) is 95.2 cm³/mol. The maximum atomic E-state index is 12.0. The summed E-state index contributed by atoms with van der Waals surface area (Å²) in [5.41, 5.74) is 3.04. The lowest BCUT2D eigenvalue weighted by molar-refractivity contribution is 0.0673. The van der Waals surface area contributed by atoms with Crippen LogP contribution in [0.4, 0.5) is 0 Å². The molecule has 8 heteroatoms. The Morgan fingerprint density at radius 1 is 1.28 bits per heavy atom. The number of nitrogens with zero attached hydrogens (tertiary/aromatic N) is 3. The van der Waals surface area contributed by atoms with Crippen LogP contribution in [0.5, 0.6) is 5.75 Å². The molecule has 1 aromatic heterocycles. The van der Waals surface area contributed by atoms with E-state index in [0.717, 1.165) is 29.1 Å². The molecule has 1 aromatic rings. The Labute approximate surface area is 150 Å². The molecular weight excluding hydrogens is 342 g/mol. The highest BCUT2D eigenvalue weighted by Crippen LogP contribution is 2.27. The summed E-state index contributed by atoms with van der Waals surface area (Å²) >= 11 is 0. The van der Waals surface area contributed by atoms with Crippen molar-refractivity contribution in [2.75, 3.05) is 46.2 Å². The van der Waals surface area contributed by atoms with Crippen LogP contribution in [0.2, 0.25) is 0 Å². The van der Waals surface area contributed by atoms with Crippen LogP contribution in [0.15, 0.2) is 6.20 Å². The molecule has 0 aliphatic carbocycles. The van der Waals surface area contributed by atoms with Gasteiger partial charge in [-0.05, 0) is 13.8 Å². The fraction of sp³-hybridized carbons (Fsp3) is 0.706. The Bertz CT molecular complexity index is 738. The lowest BCUT2D eigenvalue weighted by Crippen LogP contribution is -2.45. The molecule has 140 valence electrons. The van der Waals surface area contributed by atoms with Gasteiger partial charge >= 0.3 is 0 Å². The van der Waals surface area contributed by atoms with Crippen molar-refractivity contribution >= 4 is 10.0 Å². The normalized spacial score (nSPS) is 25.6. The van der Waals surface area contributed by atoms with Gasteiger partial charge in [-0.1, -0.05) is 0 Å². The van der Waals surface area contributed by atoms with Gasteiger partial charge in [0.25, 0.3) is 0 Å². The first-order chi connectivity index (χ1) is 11.8. The minimum atomic E-state index is -3.20. The van der Waals surface area contributed by atoms with Crippen molar-refractivity contribution in [3.63, 3.8) is 0 Å². The quantitative estimate of drug-likeness (QED) is 0.782. The van der Waals surface area contributed by atoms with E-state index in [2.05, 4.69) is 9.88 Å². The van der Waals surface area contributed by atoms with Gasteiger partial charge in [0, 0.05) is 55.5 Å². The van der Waals surface area contributed by atoms with Crippen molar-refractivity contribution in [1.82, 2.24) is 14.2 Å². The second kappa shape index (κ2) is 7.19. The number of sulfonamides is 1. The zero-order chi connectivity index (χ0) is 18.2. The van der Waals surface area contributed by atoms with E-state index in [9.17, 15) is 8.42 Å². The van der Waals surface area contributed by atoms with Crippen LogP contribution in [0.25, 0.3) is 0 Å². The number of pyridine rings is 1. The standard InChI is InChI=1S/C17H27N3O4S/c1-12-5-18-16(13(2)17(12)23-3)9-19-6-14-7-20(25(4,21)22)8-15(19)11-24-10-14/h5,14-15H,6-11H2,1-4H3/t14-,15+/m1/s1. The third kappa shape index (κ3) is 3.97. The van der Waals surface area contributed by atoms with Crippen molar-refractivity contribution in [2.45, 2.75) is 26.4 Å². The SMILES string of the molecule is COc1c(C)cnc(CN2C[C@H]3COC[C@@H]2CN(S(C)(=O)=O)C3)c1C. The Kier molecular flexibility index (Phi) is 5.34. The number of fused-ring (bicyclic) bond motifs is 3. The summed E-state index contributed by atoms with van der Waals surface area (Å²) in [6.45, 7) is 7.63. The van der Waals surface area contributed by atoms with Crippen LogP contribution in [-0.4, -0.2) is 74.9 Å².